The van der Waals surface area contributed by atoms with E-state index in [1.165, 1.54) is 23.6 Å². The van der Waals surface area contributed by atoms with Gasteiger partial charge in [-0.2, -0.15) is 12.6 Å². The Bertz CT molecular complexity index is 1880. The van der Waals surface area contributed by atoms with E-state index in [1.807, 2.05) is 0 Å². The minimum atomic E-state index is -1.66. The first-order valence-corrected chi connectivity index (χ1v) is 25.9. The highest BCUT2D eigenvalue weighted by Crippen LogP contribution is 2.27. The third kappa shape index (κ3) is 17.8. The normalized spacial score (nSPS) is 21.4. The molecule has 3 aliphatic heterocycles. The van der Waals surface area contributed by atoms with Crippen LogP contribution < -0.4 is 54.0 Å². The van der Waals surface area contributed by atoms with Gasteiger partial charge in [0.2, 0.25) is 53.2 Å². The quantitative estimate of drug-likeness (QED) is 0.0240. The summed E-state index contributed by atoms with van der Waals surface area (Å²) in [5.74, 6) is -8.52. The molecule has 3 saturated heterocycles. The molecule has 3 aliphatic rings. The maximum absolute atomic E-state index is 14.3. The van der Waals surface area contributed by atoms with Crippen LogP contribution in [0.5, 0.6) is 0 Å². The summed E-state index contributed by atoms with van der Waals surface area (Å²) in [5, 5.41) is 51.1. The molecule has 26 heteroatoms. The van der Waals surface area contributed by atoms with Crippen molar-refractivity contribution in [1.29, 1.82) is 0 Å². The number of thiol groups is 1. The number of carbonyl (C=O) groups is 10. The van der Waals surface area contributed by atoms with Gasteiger partial charge in [0.1, 0.15) is 54.4 Å². The average Bonchev–Trinajstić information content (AvgIpc) is 4.18. The Labute approximate surface area is 426 Å². The van der Waals surface area contributed by atoms with Crippen LogP contribution in [0.4, 0.5) is 0 Å². The number of carboxylic acids is 1. The first-order chi connectivity index (χ1) is 34.2. The number of likely N-dealkylation sites (tertiary alicyclic amines) is 2. The molecule has 72 heavy (non-hydrogen) atoms. The lowest BCUT2D eigenvalue weighted by atomic mass is 9.96. The van der Waals surface area contributed by atoms with E-state index in [-0.39, 0.29) is 44.0 Å². The number of amides is 9. The van der Waals surface area contributed by atoms with Gasteiger partial charge in [0.05, 0.1) is 18.8 Å². The molecule has 0 aromatic carbocycles. The highest BCUT2D eigenvalue weighted by molar-refractivity contribution is 7.80. The number of unbranched alkanes of at least 4 members (excludes halogenated alkanes) is 2. The van der Waals surface area contributed by atoms with Gasteiger partial charge >= 0.3 is 5.97 Å². The predicted molar refractivity (Wildman–Crippen MR) is 265 cm³/mol. The molecular weight excluding hydrogens is 961 g/mol. The highest BCUT2D eigenvalue weighted by atomic mass is 32.1. The number of aliphatic hydroxyl groups is 2. The molecule has 0 aromatic rings. The SMILES string of the molecule is CC[C@H](C)[C@H](NC(=O)[C@H](CO)NC(=O)[C@H](C)NC(=O)[C@@H](NC(=O)[C@H](CS)NC(=O)[C@H](CCCCN)NC(=O)[C@@H]1CCCN1)[C@@H](C)O)C(=O)N1CCC[C@H]1C(=O)N1CCC[C@H]1C(=O)N[C@@H](CCCCN)C(=O)O. The summed E-state index contributed by atoms with van der Waals surface area (Å²) < 4.78 is 0. The van der Waals surface area contributed by atoms with E-state index >= 15 is 0 Å². The van der Waals surface area contributed by atoms with Gasteiger partial charge < -0.3 is 79.1 Å². The fourth-order valence-corrected chi connectivity index (χ4v) is 9.10. The van der Waals surface area contributed by atoms with Crippen LogP contribution in [0, 0.1) is 5.92 Å². The fourth-order valence-electron chi connectivity index (χ4n) is 8.84. The number of carbonyl (C=O) groups excluding carboxylic acids is 9. The van der Waals surface area contributed by atoms with Crippen molar-refractivity contribution in [3.05, 3.63) is 0 Å². The van der Waals surface area contributed by atoms with Crippen molar-refractivity contribution < 1.29 is 63.3 Å². The van der Waals surface area contributed by atoms with Crippen molar-refractivity contribution in [2.75, 3.05) is 45.1 Å². The van der Waals surface area contributed by atoms with Crippen molar-refractivity contribution in [3.63, 3.8) is 0 Å². The van der Waals surface area contributed by atoms with Crippen LogP contribution in [0.15, 0.2) is 0 Å². The Kier molecular flexibility index (Phi) is 26.1. The van der Waals surface area contributed by atoms with Crippen LogP contribution >= 0.6 is 12.6 Å². The van der Waals surface area contributed by atoms with Crippen LogP contribution in [0.1, 0.15) is 111 Å². The Morgan fingerprint density at radius 3 is 1.75 bits per heavy atom. The molecule has 3 fully saturated rings. The molecule has 0 radical (unpaired) electrons. The van der Waals surface area contributed by atoms with Gasteiger partial charge in [-0.1, -0.05) is 20.3 Å². The van der Waals surface area contributed by atoms with Crippen LogP contribution in [0.25, 0.3) is 0 Å². The molecule has 408 valence electrons. The van der Waals surface area contributed by atoms with Gasteiger partial charge in [-0.05, 0) is 116 Å². The van der Waals surface area contributed by atoms with Crippen LogP contribution in [-0.4, -0.2) is 196 Å². The molecule has 0 bridgehead atoms. The van der Waals surface area contributed by atoms with E-state index in [4.69, 9.17) is 11.5 Å². The van der Waals surface area contributed by atoms with Gasteiger partial charge in [0, 0.05) is 18.8 Å². The minimum absolute atomic E-state index is 0.161. The number of carboxylic acid groups (broad SMARTS) is 1. The number of nitrogens with two attached hydrogens (primary N) is 2. The van der Waals surface area contributed by atoms with E-state index in [0.29, 0.717) is 77.4 Å². The predicted octanol–water partition coefficient (Wildman–Crippen LogP) is -4.17. The fraction of sp³-hybridized carbons (Fsp3) is 0.783. The third-order valence-corrected chi connectivity index (χ3v) is 13.8. The molecule has 9 amide bonds. The summed E-state index contributed by atoms with van der Waals surface area (Å²) in [5.41, 5.74) is 11.2. The number of hydrogen-bond acceptors (Lipinski definition) is 16. The maximum atomic E-state index is 14.3. The number of aliphatic hydroxyl groups excluding tert-OH is 2. The molecule has 0 aliphatic carbocycles. The van der Waals surface area contributed by atoms with Crippen molar-refractivity contribution in [2.24, 2.45) is 17.4 Å². The summed E-state index contributed by atoms with van der Waals surface area (Å²) in [6.07, 6.45) is 4.30. The maximum Gasteiger partial charge on any atom is 0.326 e. The summed E-state index contributed by atoms with van der Waals surface area (Å²) in [6, 6.07) is -11.8. The highest BCUT2D eigenvalue weighted by Gasteiger charge is 2.45. The van der Waals surface area contributed by atoms with Crippen molar-refractivity contribution in [2.45, 2.75) is 178 Å². The van der Waals surface area contributed by atoms with E-state index < -0.39 is 132 Å². The number of nitrogens with zero attached hydrogens (tertiary/aromatic N) is 2. The largest absolute Gasteiger partial charge is 0.480 e. The van der Waals surface area contributed by atoms with Gasteiger partial charge in [0.25, 0.3) is 0 Å². The Hall–Kier alpha value is -5.15. The van der Waals surface area contributed by atoms with Crippen molar-refractivity contribution in [3.8, 4) is 0 Å². The van der Waals surface area contributed by atoms with Crippen LogP contribution in [0.2, 0.25) is 0 Å². The lowest BCUT2D eigenvalue weighted by molar-refractivity contribution is -0.149. The second-order valence-corrected chi connectivity index (χ2v) is 19.2. The molecular formula is C46H80N12O13S. The molecule has 0 aromatic heterocycles. The topological polar surface area (TPSA) is 386 Å². The second-order valence-electron chi connectivity index (χ2n) is 18.9. The first kappa shape index (κ1) is 61.2. The summed E-state index contributed by atoms with van der Waals surface area (Å²) in [6.45, 7) is 6.77. The monoisotopic (exact) mass is 1040 g/mol. The smallest absolute Gasteiger partial charge is 0.326 e. The second kappa shape index (κ2) is 30.8. The number of nitrogens with one attached hydrogen (secondary N) is 8. The van der Waals surface area contributed by atoms with Gasteiger partial charge in [-0.15, -0.1) is 0 Å². The summed E-state index contributed by atoms with van der Waals surface area (Å²) >= 11 is 4.20. The number of hydrogen-bond donors (Lipinski definition) is 14. The minimum Gasteiger partial charge on any atom is -0.480 e. The lowest BCUT2D eigenvalue weighted by Crippen LogP contribution is -2.62. The molecule has 0 saturated carbocycles. The Balaban J connectivity index is 1.64. The number of aliphatic carboxylic acids is 1. The Morgan fingerprint density at radius 1 is 0.639 bits per heavy atom. The molecule has 0 unspecified atom stereocenters. The molecule has 0 spiro atoms. The zero-order chi connectivity index (χ0) is 53.7. The molecule has 15 N–H and O–H groups in total. The molecule has 12 atom stereocenters. The van der Waals surface area contributed by atoms with Gasteiger partial charge in [-0.3, -0.25) is 43.2 Å². The van der Waals surface area contributed by atoms with E-state index in [0.717, 1.165) is 6.42 Å². The van der Waals surface area contributed by atoms with E-state index in [1.54, 1.807) is 13.8 Å². The van der Waals surface area contributed by atoms with Crippen LogP contribution in [0.3, 0.4) is 0 Å². The first-order valence-electron chi connectivity index (χ1n) is 25.2. The summed E-state index contributed by atoms with van der Waals surface area (Å²) in [7, 11) is 0. The average molecular weight is 1040 g/mol. The van der Waals surface area contributed by atoms with Gasteiger partial charge in [-0.25, -0.2) is 4.79 Å². The third-order valence-electron chi connectivity index (χ3n) is 13.4. The lowest BCUT2D eigenvalue weighted by Gasteiger charge is -2.35. The summed E-state index contributed by atoms with van der Waals surface area (Å²) in [4.78, 5) is 137. The van der Waals surface area contributed by atoms with Crippen molar-refractivity contribution >= 4 is 71.8 Å². The standard InChI is InChI=1S/C46H80N12O13S/c1-5-25(2)35(45(69)58-22-12-17-34(58)44(68)57-21-11-16-33(57)42(66)52-30(46(70)71)14-7-9-19-48)55-40(64)31(23-59)53-37(61)26(3)50-43(67)36(27(4)60)56-41(65)32(24-72)54-39(63)29(13-6-8-18-47)51-38(62)28-15-10-20-49-28/h25-36,49,59-60,72H,5-24,47-48H2,1-4H3,(H,50,67)(H,51,62)(H,52,66)(H,53,61)(H,54,63)(H,55,64)(H,56,65)(H,70,71)/t25-,26-,27+,28-,29-,30-,31-,32-,33-,34-,35-,36-/m0/s1. The molecule has 3 heterocycles. The molecule has 3 rings (SSSR count). The van der Waals surface area contributed by atoms with Crippen LogP contribution in [-0.2, 0) is 47.9 Å². The van der Waals surface area contributed by atoms with E-state index in [2.05, 4.69) is 55.2 Å². The van der Waals surface area contributed by atoms with Gasteiger partial charge in [0.15, 0.2) is 0 Å². The number of rotatable bonds is 30. The Morgan fingerprint density at radius 2 is 1.19 bits per heavy atom. The van der Waals surface area contributed by atoms with E-state index in [9.17, 15) is 63.3 Å². The zero-order valence-corrected chi connectivity index (χ0v) is 42.9. The zero-order valence-electron chi connectivity index (χ0n) is 42.0. The van der Waals surface area contributed by atoms with Crippen molar-refractivity contribution in [1.82, 2.24) is 52.3 Å². The molecule has 25 nitrogen and oxygen atoms in total.